The third kappa shape index (κ3) is 3.02. The maximum Gasteiger partial charge on any atom is 0.236 e. The van der Waals surface area contributed by atoms with Gasteiger partial charge >= 0.3 is 0 Å². The van der Waals surface area contributed by atoms with E-state index < -0.39 is 10.0 Å². The molecule has 2 aliphatic rings. The van der Waals surface area contributed by atoms with Crippen molar-refractivity contribution in [1.82, 2.24) is 20.6 Å². The molecular weight excluding hydrogens is 266 g/mol. The third-order valence-corrected chi connectivity index (χ3v) is 5.08. The smallest absolute Gasteiger partial charge is 0.236 e. The lowest BCUT2D eigenvalue weighted by Crippen LogP contribution is -2.43. The number of nitrogens with one attached hydrogen (secondary N) is 3. The Morgan fingerprint density at radius 2 is 2.16 bits per heavy atom. The van der Waals surface area contributed by atoms with E-state index in [0.29, 0.717) is 11.6 Å². The summed E-state index contributed by atoms with van der Waals surface area (Å²) in [7, 11) is -3.26. The van der Waals surface area contributed by atoms with Crippen LogP contribution >= 0.6 is 0 Å². The highest BCUT2D eigenvalue weighted by atomic mass is 32.2. The first-order chi connectivity index (χ1) is 9.15. The summed E-state index contributed by atoms with van der Waals surface area (Å²) in [5.41, 5.74) is 0. The molecule has 1 saturated heterocycles. The number of sulfonamides is 1. The molecule has 7 nitrogen and oxygen atoms in total. The van der Waals surface area contributed by atoms with Crippen molar-refractivity contribution in [2.75, 3.05) is 24.4 Å². The number of nitrogens with zero attached hydrogens (tertiary/aromatic N) is 2. The summed E-state index contributed by atoms with van der Waals surface area (Å²) in [5.74, 6) is 0.965. The SMILES string of the molecule is O=S(=O)(Nc1ccnc(C2CNCCN2)n1)C1CC1. The number of piperazine rings is 1. The molecule has 1 aliphatic carbocycles. The highest BCUT2D eigenvalue weighted by Crippen LogP contribution is 2.29. The molecule has 1 aliphatic heterocycles. The average molecular weight is 283 g/mol. The van der Waals surface area contributed by atoms with Gasteiger partial charge in [-0.3, -0.25) is 4.72 Å². The van der Waals surface area contributed by atoms with E-state index >= 15 is 0 Å². The average Bonchev–Trinajstić information content (AvgIpc) is 3.24. The minimum absolute atomic E-state index is 0.0270. The van der Waals surface area contributed by atoms with Gasteiger partial charge in [0.2, 0.25) is 10.0 Å². The summed E-state index contributed by atoms with van der Waals surface area (Å²) in [5, 5.41) is 6.29. The Hall–Kier alpha value is -1.25. The lowest BCUT2D eigenvalue weighted by atomic mass is 10.2. The van der Waals surface area contributed by atoms with E-state index in [1.54, 1.807) is 12.3 Å². The molecule has 19 heavy (non-hydrogen) atoms. The molecule has 0 bridgehead atoms. The molecule has 3 rings (SSSR count). The summed E-state index contributed by atoms with van der Waals surface area (Å²) in [6.07, 6.45) is 3.06. The monoisotopic (exact) mass is 283 g/mol. The molecule has 1 aromatic heterocycles. The fourth-order valence-electron chi connectivity index (χ4n) is 2.04. The van der Waals surface area contributed by atoms with Crippen LogP contribution in [0, 0.1) is 0 Å². The van der Waals surface area contributed by atoms with E-state index in [0.717, 1.165) is 32.5 Å². The highest BCUT2D eigenvalue weighted by Gasteiger charge is 2.36. The van der Waals surface area contributed by atoms with Gasteiger partial charge in [-0.15, -0.1) is 0 Å². The van der Waals surface area contributed by atoms with Gasteiger partial charge in [-0.05, 0) is 18.9 Å². The molecule has 0 aromatic carbocycles. The lowest BCUT2D eigenvalue weighted by Gasteiger charge is -2.23. The van der Waals surface area contributed by atoms with Crippen molar-refractivity contribution in [3.05, 3.63) is 18.1 Å². The van der Waals surface area contributed by atoms with Gasteiger partial charge < -0.3 is 10.6 Å². The van der Waals surface area contributed by atoms with Gasteiger partial charge in [0.05, 0.1) is 11.3 Å². The van der Waals surface area contributed by atoms with Crippen LogP contribution in [-0.2, 0) is 10.0 Å². The van der Waals surface area contributed by atoms with Gasteiger partial charge in [-0.25, -0.2) is 18.4 Å². The van der Waals surface area contributed by atoms with Gasteiger partial charge in [0.25, 0.3) is 0 Å². The van der Waals surface area contributed by atoms with E-state index in [-0.39, 0.29) is 11.3 Å². The molecule has 2 fully saturated rings. The van der Waals surface area contributed by atoms with Crippen LogP contribution in [-0.4, -0.2) is 43.3 Å². The molecule has 3 N–H and O–H groups in total. The number of hydrogen-bond acceptors (Lipinski definition) is 6. The molecule has 1 unspecified atom stereocenters. The van der Waals surface area contributed by atoms with Crippen LogP contribution < -0.4 is 15.4 Å². The Morgan fingerprint density at radius 1 is 1.32 bits per heavy atom. The summed E-state index contributed by atoms with van der Waals surface area (Å²) in [4.78, 5) is 8.49. The standard InChI is InChI=1S/C11H17N5O2S/c17-19(18,8-1-2-8)16-10-3-4-14-11(15-10)9-7-12-5-6-13-9/h3-4,8-9,12-13H,1-2,5-7H2,(H,14,15,16). The van der Waals surface area contributed by atoms with Crippen molar-refractivity contribution in [3.8, 4) is 0 Å². The second-order valence-corrected chi connectivity index (χ2v) is 6.82. The molecule has 104 valence electrons. The molecule has 1 saturated carbocycles. The second-order valence-electron chi connectivity index (χ2n) is 4.86. The molecule has 2 heterocycles. The molecule has 0 radical (unpaired) electrons. The zero-order valence-corrected chi connectivity index (χ0v) is 11.3. The maximum atomic E-state index is 11.9. The first kappa shape index (κ1) is 12.8. The lowest BCUT2D eigenvalue weighted by molar-refractivity contribution is 0.415. The predicted molar refractivity (Wildman–Crippen MR) is 71.2 cm³/mol. The van der Waals surface area contributed by atoms with Crippen LogP contribution in [0.2, 0.25) is 0 Å². The van der Waals surface area contributed by atoms with Crippen LogP contribution in [0.15, 0.2) is 12.3 Å². The minimum atomic E-state index is -3.26. The minimum Gasteiger partial charge on any atom is -0.313 e. The highest BCUT2D eigenvalue weighted by molar-refractivity contribution is 7.93. The van der Waals surface area contributed by atoms with Gasteiger partial charge in [-0.2, -0.15) is 0 Å². The number of hydrogen-bond donors (Lipinski definition) is 3. The zero-order valence-electron chi connectivity index (χ0n) is 10.5. The van der Waals surface area contributed by atoms with Crippen LogP contribution in [0.25, 0.3) is 0 Å². The fraction of sp³-hybridized carbons (Fsp3) is 0.636. The molecule has 8 heteroatoms. The quantitative estimate of drug-likeness (QED) is 0.697. The van der Waals surface area contributed by atoms with E-state index in [4.69, 9.17) is 0 Å². The maximum absolute atomic E-state index is 11.9. The van der Waals surface area contributed by atoms with Crippen molar-refractivity contribution in [2.24, 2.45) is 0 Å². The molecule has 0 spiro atoms. The zero-order chi connectivity index (χ0) is 13.3. The van der Waals surface area contributed by atoms with Crippen LogP contribution in [0.1, 0.15) is 24.7 Å². The van der Waals surface area contributed by atoms with Crippen molar-refractivity contribution in [3.63, 3.8) is 0 Å². The van der Waals surface area contributed by atoms with E-state index in [1.165, 1.54) is 0 Å². The summed E-state index contributed by atoms with van der Waals surface area (Å²) in [6, 6.07) is 1.61. The van der Waals surface area contributed by atoms with Crippen LogP contribution in [0.4, 0.5) is 5.82 Å². The van der Waals surface area contributed by atoms with Gasteiger partial charge in [-0.1, -0.05) is 0 Å². The van der Waals surface area contributed by atoms with Crippen molar-refractivity contribution in [1.29, 1.82) is 0 Å². The normalized spacial score (nSPS) is 24.1. The Bertz CT molecular complexity index is 552. The molecule has 1 aromatic rings. The topological polar surface area (TPSA) is 96.0 Å². The summed E-state index contributed by atoms with van der Waals surface area (Å²) in [6.45, 7) is 2.52. The Labute approximate surface area is 112 Å². The second kappa shape index (κ2) is 5.03. The molecule has 0 amide bonds. The van der Waals surface area contributed by atoms with E-state index in [1.807, 2.05) is 0 Å². The fourth-order valence-corrected chi connectivity index (χ4v) is 3.37. The number of aromatic nitrogens is 2. The van der Waals surface area contributed by atoms with E-state index in [2.05, 4.69) is 25.3 Å². The number of rotatable bonds is 4. The Kier molecular flexibility index (Phi) is 3.38. The molecular formula is C11H17N5O2S. The van der Waals surface area contributed by atoms with Crippen LogP contribution in [0.5, 0.6) is 0 Å². The summed E-state index contributed by atoms with van der Waals surface area (Å²) < 4.78 is 26.2. The first-order valence-corrected chi connectivity index (χ1v) is 7.98. The first-order valence-electron chi connectivity index (χ1n) is 6.44. The largest absolute Gasteiger partial charge is 0.313 e. The third-order valence-electron chi connectivity index (χ3n) is 3.24. The Morgan fingerprint density at radius 3 is 2.84 bits per heavy atom. The van der Waals surface area contributed by atoms with E-state index in [9.17, 15) is 8.42 Å². The summed E-state index contributed by atoms with van der Waals surface area (Å²) >= 11 is 0. The van der Waals surface area contributed by atoms with Crippen molar-refractivity contribution in [2.45, 2.75) is 24.1 Å². The van der Waals surface area contributed by atoms with Gasteiger partial charge in [0.1, 0.15) is 11.6 Å². The van der Waals surface area contributed by atoms with Gasteiger partial charge in [0.15, 0.2) is 0 Å². The van der Waals surface area contributed by atoms with Crippen molar-refractivity contribution < 1.29 is 8.42 Å². The molecule has 1 atom stereocenters. The number of anilines is 1. The van der Waals surface area contributed by atoms with Crippen molar-refractivity contribution >= 4 is 15.8 Å². The predicted octanol–water partition coefficient (Wildman–Crippen LogP) is -0.385. The Balaban J connectivity index is 1.75. The van der Waals surface area contributed by atoms with Gasteiger partial charge in [0, 0.05) is 25.8 Å². The van der Waals surface area contributed by atoms with Crippen LogP contribution in [0.3, 0.4) is 0 Å².